The number of para-hydroxylation sites is 1. The number of hydrogen-bond acceptors (Lipinski definition) is 4. The van der Waals surface area contributed by atoms with Gasteiger partial charge in [-0.15, -0.1) is 0 Å². The lowest BCUT2D eigenvalue weighted by atomic mass is 10.1. The summed E-state index contributed by atoms with van der Waals surface area (Å²) in [6, 6.07) is 9.24. The van der Waals surface area contributed by atoms with Crippen molar-refractivity contribution in [3.63, 3.8) is 0 Å². The quantitative estimate of drug-likeness (QED) is 0.672. The van der Waals surface area contributed by atoms with E-state index in [4.69, 9.17) is 0 Å². The summed E-state index contributed by atoms with van der Waals surface area (Å²) in [7, 11) is -4.07. The van der Waals surface area contributed by atoms with Crippen LogP contribution in [0.3, 0.4) is 0 Å². The van der Waals surface area contributed by atoms with Crippen LogP contribution in [0.15, 0.2) is 58.5 Å². The van der Waals surface area contributed by atoms with E-state index < -0.39 is 26.6 Å². The van der Waals surface area contributed by atoms with E-state index in [9.17, 15) is 22.0 Å². The molecule has 2 heterocycles. The van der Waals surface area contributed by atoms with Gasteiger partial charge in [0.15, 0.2) is 0 Å². The largest absolute Gasteiger partial charge is 0.296 e. The number of piperidine rings is 1. The number of aromatic nitrogens is 2. The van der Waals surface area contributed by atoms with Crippen molar-refractivity contribution in [2.75, 3.05) is 13.1 Å². The Morgan fingerprint density at radius 1 is 1.04 bits per heavy atom. The Labute approximate surface area is 160 Å². The van der Waals surface area contributed by atoms with Crippen LogP contribution in [-0.2, 0) is 10.0 Å². The van der Waals surface area contributed by atoms with Gasteiger partial charge in [0.05, 0.1) is 17.2 Å². The molecule has 0 atom stereocenters. The van der Waals surface area contributed by atoms with E-state index in [0.717, 1.165) is 12.1 Å². The Balaban J connectivity index is 1.57. The molecule has 0 aliphatic carbocycles. The Morgan fingerprint density at radius 3 is 2.46 bits per heavy atom. The number of halogens is 2. The molecule has 9 heteroatoms. The highest BCUT2D eigenvalue weighted by Gasteiger charge is 2.32. The zero-order chi connectivity index (χ0) is 19.9. The first-order valence-electron chi connectivity index (χ1n) is 8.79. The number of nitrogens with zero attached hydrogens (tertiary/aromatic N) is 3. The van der Waals surface area contributed by atoms with Crippen LogP contribution in [-0.4, -0.2) is 35.4 Å². The number of rotatable bonds is 3. The van der Waals surface area contributed by atoms with Gasteiger partial charge in [0.1, 0.15) is 16.5 Å². The Morgan fingerprint density at radius 2 is 1.75 bits per heavy atom. The highest BCUT2D eigenvalue weighted by molar-refractivity contribution is 7.89. The summed E-state index contributed by atoms with van der Waals surface area (Å²) < 4.78 is 55.1. The monoisotopic (exact) mass is 405 g/mol. The molecule has 1 saturated heterocycles. The van der Waals surface area contributed by atoms with E-state index in [1.165, 1.54) is 15.2 Å². The highest BCUT2D eigenvalue weighted by Crippen LogP contribution is 2.27. The molecule has 4 rings (SSSR count). The summed E-state index contributed by atoms with van der Waals surface area (Å²) in [5.41, 5.74) is 0.437. The van der Waals surface area contributed by atoms with Crippen molar-refractivity contribution in [1.82, 2.24) is 13.9 Å². The minimum atomic E-state index is -4.07. The smallest absolute Gasteiger partial charge is 0.261 e. The standard InChI is InChI=1S/C19H17F2N3O3S/c20-13-5-6-18(16(21)11-13)28(26,27)23-9-7-14(8-10-23)24-12-22-17-4-2-1-3-15(17)19(24)25/h1-6,11-12,14H,7-10H2. The molecule has 2 aromatic carbocycles. The molecular formula is C19H17F2N3O3S. The fourth-order valence-electron chi connectivity index (χ4n) is 3.53. The second-order valence-corrected chi connectivity index (χ2v) is 8.59. The summed E-state index contributed by atoms with van der Waals surface area (Å²) in [5, 5.41) is 0.508. The molecule has 1 fully saturated rings. The van der Waals surface area contributed by atoms with Gasteiger partial charge in [-0.2, -0.15) is 4.31 Å². The summed E-state index contributed by atoms with van der Waals surface area (Å²) in [5.74, 6) is -1.95. The average Bonchev–Trinajstić information content (AvgIpc) is 2.68. The molecule has 1 aliphatic rings. The first-order valence-corrected chi connectivity index (χ1v) is 10.2. The number of benzene rings is 2. The zero-order valence-electron chi connectivity index (χ0n) is 14.8. The Kier molecular flexibility index (Phi) is 4.72. The molecule has 28 heavy (non-hydrogen) atoms. The van der Waals surface area contributed by atoms with Crippen molar-refractivity contribution in [2.24, 2.45) is 0 Å². The molecule has 0 saturated carbocycles. The maximum atomic E-state index is 13.9. The van der Waals surface area contributed by atoms with Crippen LogP contribution in [0.1, 0.15) is 18.9 Å². The van der Waals surface area contributed by atoms with Gasteiger partial charge in [0, 0.05) is 25.2 Å². The fourth-order valence-corrected chi connectivity index (χ4v) is 5.04. The summed E-state index contributed by atoms with van der Waals surface area (Å²) >= 11 is 0. The third kappa shape index (κ3) is 3.20. The van der Waals surface area contributed by atoms with Gasteiger partial charge >= 0.3 is 0 Å². The second-order valence-electron chi connectivity index (χ2n) is 6.68. The van der Waals surface area contributed by atoms with Crippen molar-refractivity contribution < 1.29 is 17.2 Å². The van der Waals surface area contributed by atoms with Gasteiger partial charge in [0.2, 0.25) is 10.0 Å². The van der Waals surface area contributed by atoms with Gasteiger partial charge in [-0.3, -0.25) is 9.36 Å². The number of sulfonamides is 1. The third-order valence-electron chi connectivity index (χ3n) is 5.02. The molecule has 1 aromatic heterocycles. The van der Waals surface area contributed by atoms with Gasteiger partial charge in [-0.05, 0) is 37.1 Å². The predicted octanol–water partition coefficient (Wildman–Crippen LogP) is 2.70. The number of fused-ring (bicyclic) bond motifs is 1. The summed E-state index contributed by atoms with van der Waals surface area (Å²) in [4.78, 5) is 16.5. The molecule has 0 unspecified atom stereocenters. The molecule has 0 spiro atoms. The molecule has 1 aliphatic heterocycles. The maximum absolute atomic E-state index is 13.9. The third-order valence-corrected chi connectivity index (χ3v) is 6.95. The van der Waals surface area contributed by atoms with Crippen LogP contribution in [0.4, 0.5) is 8.78 Å². The van der Waals surface area contributed by atoms with Crippen LogP contribution in [0.2, 0.25) is 0 Å². The van der Waals surface area contributed by atoms with Crippen molar-refractivity contribution in [3.8, 4) is 0 Å². The van der Waals surface area contributed by atoms with Crippen molar-refractivity contribution in [1.29, 1.82) is 0 Å². The SMILES string of the molecule is O=c1c2ccccc2ncn1C1CCN(S(=O)(=O)c2ccc(F)cc2F)CC1. The zero-order valence-corrected chi connectivity index (χ0v) is 15.6. The van der Waals surface area contributed by atoms with Crippen LogP contribution < -0.4 is 5.56 Å². The van der Waals surface area contributed by atoms with E-state index in [2.05, 4.69) is 4.98 Å². The van der Waals surface area contributed by atoms with E-state index in [-0.39, 0.29) is 24.7 Å². The molecule has 0 radical (unpaired) electrons. The van der Waals surface area contributed by atoms with E-state index in [1.54, 1.807) is 24.3 Å². The fraction of sp³-hybridized carbons (Fsp3) is 0.263. The van der Waals surface area contributed by atoms with Crippen molar-refractivity contribution in [3.05, 3.63) is 70.8 Å². The van der Waals surface area contributed by atoms with Crippen LogP contribution in [0.5, 0.6) is 0 Å². The van der Waals surface area contributed by atoms with E-state index >= 15 is 0 Å². The second kappa shape index (κ2) is 7.06. The minimum Gasteiger partial charge on any atom is -0.296 e. The first kappa shape index (κ1) is 18.7. The van der Waals surface area contributed by atoms with Gasteiger partial charge < -0.3 is 0 Å². The molecule has 146 valence electrons. The lowest BCUT2D eigenvalue weighted by molar-refractivity contribution is 0.269. The minimum absolute atomic E-state index is 0.128. The molecule has 0 bridgehead atoms. The summed E-state index contributed by atoms with van der Waals surface area (Å²) in [6.07, 6.45) is 2.27. The topological polar surface area (TPSA) is 72.3 Å². The molecule has 3 aromatic rings. The lowest BCUT2D eigenvalue weighted by Crippen LogP contribution is -2.41. The molecule has 6 nitrogen and oxygen atoms in total. The Hall–Kier alpha value is -2.65. The first-order chi connectivity index (χ1) is 13.4. The molecule has 0 N–H and O–H groups in total. The molecular weight excluding hydrogens is 388 g/mol. The average molecular weight is 405 g/mol. The lowest BCUT2D eigenvalue weighted by Gasteiger charge is -2.32. The van der Waals surface area contributed by atoms with Crippen LogP contribution >= 0.6 is 0 Å². The van der Waals surface area contributed by atoms with Crippen molar-refractivity contribution >= 4 is 20.9 Å². The normalized spacial score (nSPS) is 16.5. The van der Waals surface area contributed by atoms with Crippen LogP contribution in [0, 0.1) is 11.6 Å². The van der Waals surface area contributed by atoms with E-state index in [0.29, 0.717) is 29.8 Å². The highest BCUT2D eigenvalue weighted by atomic mass is 32.2. The van der Waals surface area contributed by atoms with Crippen molar-refractivity contribution in [2.45, 2.75) is 23.8 Å². The van der Waals surface area contributed by atoms with Gasteiger partial charge in [-0.1, -0.05) is 12.1 Å². The van der Waals surface area contributed by atoms with E-state index in [1.807, 2.05) is 0 Å². The van der Waals surface area contributed by atoms with Gasteiger partial charge in [-0.25, -0.2) is 22.2 Å². The predicted molar refractivity (Wildman–Crippen MR) is 99.4 cm³/mol. The summed E-state index contributed by atoms with van der Waals surface area (Å²) in [6.45, 7) is 0.256. The van der Waals surface area contributed by atoms with Crippen LogP contribution in [0.25, 0.3) is 10.9 Å². The molecule has 0 amide bonds. The maximum Gasteiger partial charge on any atom is 0.261 e. The number of hydrogen-bond donors (Lipinski definition) is 0. The van der Waals surface area contributed by atoms with Gasteiger partial charge in [0.25, 0.3) is 5.56 Å². The Bertz CT molecular complexity index is 1200.